The monoisotopic (exact) mass is 366 g/mol. The third-order valence-electron chi connectivity index (χ3n) is 4.56. The first kappa shape index (κ1) is 17.2. The second-order valence-electron chi connectivity index (χ2n) is 6.51. The number of carbonyl (C=O) groups excluding carboxylic acids is 1. The van der Waals surface area contributed by atoms with Crippen LogP contribution in [-0.4, -0.2) is 26.6 Å². The maximum atomic E-state index is 14.9. The number of rotatable bonds is 4. The van der Waals surface area contributed by atoms with Crippen molar-refractivity contribution in [1.29, 1.82) is 0 Å². The average molecular weight is 366 g/mol. The van der Waals surface area contributed by atoms with E-state index in [1.54, 1.807) is 6.07 Å². The Balaban J connectivity index is 1.66. The zero-order valence-corrected chi connectivity index (χ0v) is 14.6. The smallest absolute Gasteiger partial charge is 0.265 e. The number of nitrogens with zero attached hydrogens (tertiary/aromatic N) is 4. The first-order valence-corrected chi connectivity index (χ1v) is 8.49. The van der Waals surface area contributed by atoms with E-state index in [-0.39, 0.29) is 17.7 Å². The molecule has 0 unspecified atom stereocenters. The Bertz CT molecular complexity index is 1020. The first-order chi connectivity index (χ1) is 12.9. The highest BCUT2D eigenvalue weighted by Crippen LogP contribution is 2.33. The predicted molar refractivity (Wildman–Crippen MR) is 96.1 cm³/mol. The van der Waals surface area contributed by atoms with Gasteiger partial charge in [-0.2, -0.15) is 8.78 Å². The number of fused-ring (bicyclic) bond motifs is 1. The molecule has 27 heavy (non-hydrogen) atoms. The molecule has 7 heteroatoms. The van der Waals surface area contributed by atoms with Gasteiger partial charge in [0, 0.05) is 12.0 Å². The fourth-order valence-electron chi connectivity index (χ4n) is 3.04. The Labute approximate surface area is 154 Å². The van der Waals surface area contributed by atoms with E-state index >= 15 is 0 Å². The molecule has 0 aliphatic carbocycles. The van der Waals surface area contributed by atoms with Crippen LogP contribution in [0.1, 0.15) is 32.9 Å². The minimum Gasteiger partial charge on any atom is -0.265 e. The van der Waals surface area contributed by atoms with Crippen LogP contribution in [0.4, 0.5) is 8.78 Å². The van der Waals surface area contributed by atoms with Crippen molar-refractivity contribution in [3.05, 3.63) is 82.7 Å². The SMILES string of the molecule is Cc1ccc(Cn2nnc3c2CC(C(F)(F)c2ccccc2)=NC3=O)cc1. The molecule has 136 valence electrons. The summed E-state index contributed by atoms with van der Waals surface area (Å²) in [6, 6.07) is 15.1. The second-order valence-corrected chi connectivity index (χ2v) is 6.51. The number of halogens is 2. The molecule has 0 N–H and O–H groups in total. The van der Waals surface area contributed by atoms with Gasteiger partial charge in [0.2, 0.25) is 0 Å². The molecule has 0 fully saturated rings. The molecule has 0 saturated carbocycles. The lowest BCUT2D eigenvalue weighted by atomic mass is 9.97. The molecule has 0 radical (unpaired) electrons. The van der Waals surface area contributed by atoms with Gasteiger partial charge in [0.05, 0.1) is 12.2 Å². The number of aryl methyl sites for hydroxylation is 1. The fraction of sp³-hybridized carbons (Fsp3) is 0.200. The van der Waals surface area contributed by atoms with Gasteiger partial charge >= 0.3 is 5.92 Å². The van der Waals surface area contributed by atoms with Crippen molar-refractivity contribution in [2.45, 2.75) is 25.8 Å². The van der Waals surface area contributed by atoms with E-state index in [4.69, 9.17) is 0 Å². The Kier molecular flexibility index (Phi) is 4.14. The summed E-state index contributed by atoms with van der Waals surface area (Å²) in [5.74, 6) is -4.12. The maximum Gasteiger partial charge on any atom is 0.311 e. The number of amides is 1. The highest BCUT2D eigenvalue weighted by atomic mass is 19.3. The van der Waals surface area contributed by atoms with E-state index in [2.05, 4.69) is 15.3 Å². The molecule has 2 heterocycles. The van der Waals surface area contributed by atoms with E-state index < -0.39 is 17.5 Å². The normalized spacial score (nSPS) is 14.0. The molecule has 1 aliphatic rings. The van der Waals surface area contributed by atoms with Gasteiger partial charge in [0.1, 0.15) is 5.71 Å². The van der Waals surface area contributed by atoms with Crippen LogP contribution in [0.3, 0.4) is 0 Å². The van der Waals surface area contributed by atoms with Crippen LogP contribution in [0.5, 0.6) is 0 Å². The average Bonchev–Trinajstić information content (AvgIpc) is 3.08. The summed E-state index contributed by atoms with van der Waals surface area (Å²) >= 11 is 0. The van der Waals surface area contributed by atoms with E-state index in [1.807, 2.05) is 31.2 Å². The van der Waals surface area contributed by atoms with Gasteiger partial charge in [-0.25, -0.2) is 9.67 Å². The standard InChI is InChI=1S/C20H16F2N4O/c1-13-7-9-14(10-8-13)12-26-16-11-17(23-19(27)18(16)24-25-26)20(21,22)15-5-3-2-4-6-15/h2-10H,11-12H2,1H3. The summed E-state index contributed by atoms with van der Waals surface area (Å²) < 4.78 is 31.3. The van der Waals surface area contributed by atoms with Crippen LogP contribution in [0.25, 0.3) is 0 Å². The molecule has 0 bridgehead atoms. The van der Waals surface area contributed by atoms with Gasteiger partial charge in [-0.05, 0) is 12.5 Å². The molecular weight excluding hydrogens is 350 g/mol. The summed E-state index contributed by atoms with van der Waals surface area (Å²) in [6.07, 6.45) is -0.179. The predicted octanol–water partition coefficient (Wildman–Crippen LogP) is 3.56. The Hall–Kier alpha value is -3.22. The van der Waals surface area contributed by atoms with Gasteiger partial charge in [-0.3, -0.25) is 4.79 Å². The van der Waals surface area contributed by atoms with Crippen LogP contribution in [0.2, 0.25) is 0 Å². The van der Waals surface area contributed by atoms with Crippen LogP contribution in [-0.2, 0) is 18.9 Å². The fourth-order valence-corrected chi connectivity index (χ4v) is 3.04. The number of hydrogen-bond acceptors (Lipinski definition) is 3. The minimum absolute atomic E-state index is 0.0368. The topological polar surface area (TPSA) is 60.1 Å². The minimum atomic E-state index is -3.34. The summed E-state index contributed by atoms with van der Waals surface area (Å²) in [5, 5.41) is 7.83. The third kappa shape index (κ3) is 3.16. The van der Waals surface area contributed by atoms with E-state index in [9.17, 15) is 13.6 Å². The number of alkyl halides is 2. The molecule has 2 aromatic carbocycles. The van der Waals surface area contributed by atoms with Crippen LogP contribution in [0, 0.1) is 6.92 Å². The number of benzene rings is 2. The second kappa shape index (κ2) is 6.50. The number of aliphatic imine (C=N–C) groups is 1. The first-order valence-electron chi connectivity index (χ1n) is 8.49. The number of aromatic nitrogens is 3. The highest BCUT2D eigenvalue weighted by molar-refractivity contribution is 6.10. The van der Waals surface area contributed by atoms with Gasteiger partial charge in [-0.1, -0.05) is 65.4 Å². The van der Waals surface area contributed by atoms with Gasteiger partial charge in [-0.15, -0.1) is 5.10 Å². The van der Waals surface area contributed by atoms with Crippen LogP contribution < -0.4 is 0 Å². The molecule has 3 aromatic rings. The lowest BCUT2D eigenvalue weighted by Crippen LogP contribution is -2.33. The van der Waals surface area contributed by atoms with Crippen molar-refractivity contribution in [1.82, 2.24) is 15.0 Å². The Morgan fingerprint density at radius 1 is 1.07 bits per heavy atom. The number of hydrogen-bond donors (Lipinski definition) is 0. The maximum absolute atomic E-state index is 14.9. The zero-order chi connectivity index (χ0) is 19.0. The summed E-state index contributed by atoms with van der Waals surface area (Å²) in [6.45, 7) is 2.33. The Morgan fingerprint density at radius 2 is 1.78 bits per heavy atom. The van der Waals surface area contributed by atoms with Crippen molar-refractivity contribution in [2.75, 3.05) is 0 Å². The molecular formula is C20H16F2N4O. The quantitative estimate of drug-likeness (QED) is 0.709. The largest absolute Gasteiger partial charge is 0.311 e. The van der Waals surface area contributed by atoms with Crippen molar-refractivity contribution >= 4 is 11.6 Å². The summed E-state index contributed by atoms with van der Waals surface area (Å²) in [7, 11) is 0. The van der Waals surface area contributed by atoms with Crippen molar-refractivity contribution < 1.29 is 13.6 Å². The van der Waals surface area contributed by atoms with Crippen LogP contribution in [0.15, 0.2) is 59.6 Å². The summed E-state index contributed by atoms with van der Waals surface area (Å²) in [4.78, 5) is 15.9. The van der Waals surface area contributed by atoms with Crippen molar-refractivity contribution in [3.8, 4) is 0 Å². The van der Waals surface area contributed by atoms with Crippen LogP contribution >= 0.6 is 0 Å². The lowest BCUT2D eigenvalue weighted by Gasteiger charge is -2.21. The molecule has 1 aromatic heterocycles. The highest BCUT2D eigenvalue weighted by Gasteiger charge is 2.42. The van der Waals surface area contributed by atoms with E-state index in [0.717, 1.165) is 11.1 Å². The van der Waals surface area contributed by atoms with Gasteiger partial charge < -0.3 is 0 Å². The molecule has 5 nitrogen and oxygen atoms in total. The molecule has 0 saturated heterocycles. The van der Waals surface area contributed by atoms with Crippen molar-refractivity contribution in [2.24, 2.45) is 4.99 Å². The number of carbonyl (C=O) groups is 1. The Morgan fingerprint density at radius 3 is 2.48 bits per heavy atom. The van der Waals surface area contributed by atoms with Gasteiger partial charge in [0.25, 0.3) is 5.91 Å². The van der Waals surface area contributed by atoms with Crippen molar-refractivity contribution in [3.63, 3.8) is 0 Å². The van der Waals surface area contributed by atoms with Gasteiger partial charge in [0.15, 0.2) is 5.69 Å². The molecule has 4 rings (SSSR count). The third-order valence-corrected chi connectivity index (χ3v) is 4.56. The molecule has 0 spiro atoms. The van der Waals surface area contributed by atoms with E-state index in [0.29, 0.717) is 12.2 Å². The lowest BCUT2D eigenvalue weighted by molar-refractivity contribution is 0.0715. The molecule has 0 atom stereocenters. The zero-order valence-electron chi connectivity index (χ0n) is 14.6. The molecule has 1 amide bonds. The molecule has 1 aliphatic heterocycles. The van der Waals surface area contributed by atoms with E-state index in [1.165, 1.54) is 28.9 Å². The summed E-state index contributed by atoms with van der Waals surface area (Å²) in [5.41, 5.74) is 1.78.